The van der Waals surface area contributed by atoms with E-state index in [1.54, 1.807) is 24.3 Å². The van der Waals surface area contributed by atoms with E-state index in [1.165, 1.54) is 0 Å². The minimum Gasteiger partial charge on any atom is -0.399 e. The third-order valence-electron chi connectivity index (χ3n) is 3.00. The molecule has 1 aromatic carbocycles. The van der Waals surface area contributed by atoms with E-state index < -0.39 is 0 Å². The lowest BCUT2D eigenvalue weighted by atomic mass is 10.2. The monoisotopic (exact) mass is 264 g/mol. The molecule has 19 heavy (non-hydrogen) atoms. The maximum Gasteiger partial charge on any atom is 0.251 e. The van der Waals surface area contributed by atoms with Gasteiger partial charge in [-0.3, -0.25) is 4.79 Å². The second-order valence-electron chi connectivity index (χ2n) is 4.82. The summed E-state index contributed by atoms with van der Waals surface area (Å²) in [6.07, 6.45) is 1.09. The van der Waals surface area contributed by atoms with Crippen molar-refractivity contribution in [1.82, 2.24) is 5.32 Å². The maximum absolute atomic E-state index is 12.0. The van der Waals surface area contributed by atoms with Crippen LogP contribution in [0.5, 0.6) is 0 Å². The van der Waals surface area contributed by atoms with Crippen LogP contribution in [-0.4, -0.2) is 37.9 Å². The summed E-state index contributed by atoms with van der Waals surface area (Å²) in [5, 5.41) is 2.89. The molecule has 2 rings (SSSR count). The summed E-state index contributed by atoms with van der Waals surface area (Å²) in [5.74, 6) is -0.133. The van der Waals surface area contributed by atoms with E-state index in [0.29, 0.717) is 24.5 Å². The Morgan fingerprint density at radius 3 is 3.16 bits per heavy atom. The van der Waals surface area contributed by atoms with Crippen molar-refractivity contribution in [1.29, 1.82) is 0 Å². The molecule has 2 atom stereocenters. The van der Waals surface area contributed by atoms with E-state index in [9.17, 15) is 4.79 Å². The van der Waals surface area contributed by atoms with Gasteiger partial charge in [-0.15, -0.1) is 0 Å². The molecule has 0 aliphatic carbocycles. The molecule has 1 aliphatic rings. The normalized spacial score (nSPS) is 20.2. The van der Waals surface area contributed by atoms with Crippen LogP contribution in [0.1, 0.15) is 23.7 Å². The topological polar surface area (TPSA) is 73.6 Å². The number of anilines is 1. The number of rotatable bonds is 5. The van der Waals surface area contributed by atoms with Crippen LogP contribution in [0.4, 0.5) is 5.69 Å². The highest BCUT2D eigenvalue weighted by Gasteiger charge is 2.17. The molecule has 0 aromatic heterocycles. The highest BCUT2D eigenvalue weighted by atomic mass is 16.5. The molecule has 1 aliphatic heterocycles. The average Bonchev–Trinajstić information content (AvgIpc) is 2.89. The van der Waals surface area contributed by atoms with Gasteiger partial charge in [0.15, 0.2) is 0 Å². The van der Waals surface area contributed by atoms with Crippen molar-refractivity contribution in [3.63, 3.8) is 0 Å². The number of benzene rings is 1. The molecule has 0 spiro atoms. The summed E-state index contributed by atoms with van der Waals surface area (Å²) in [4.78, 5) is 12.0. The number of hydrogen-bond acceptors (Lipinski definition) is 4. The maximum atomic E-state index is 12.0. The number of carbonyl (C=O) groups is 1. The first kappa shape index (κ1) is 13.8. The SMILES string of the molecule is CC(COC1CCOC1)NC(=O)c1cccc(N)c1. The lowest BCUT2D eigenvalue weighted by Crippen LogP contribution is -2.37. The molecular weight excluding hydrogens is 244 g/mol. The first-order valence-electron chi connectivity index (χ1n) is 6.51. The Morgan fingerprint density at radius 2 is 2.47 bits per heavy atom. The molecule has 1 saturated heterocycles. The van der Waals surface area contributed by atoms with Crippen LogP contribution in [0.3, 0.4) is 0 Å². The molecule has 5 nitrogen and oxygen atoms in total. The van der Waals surface area contributed by atoms with E-state index in [1.807, 2.05) is 6.92 Å². The fraction of sp³-hybridized carbons (Fsp3) is 0.500. The Bertz CT molecular complexity index is 430. The molecule has 1 fully saturated rings. The van der Waals surface area contributed by atoms with Gasteiger partial charge >= 0.3 is 0 Å². The highest BCUT2D eigenvalue weighted by Crippen LogP contribution is 2.09. The lowest BCUT2D eigenvalue weighted by molar-refractivity contribution is 0.0318. The van der Waals surface area contributed by atoms with Crippen LogP contribution in [0, 0.1) is 0 Å². The predicted molar refractivity (Wildman–Crippen MR) is 73.0 cm³/mol. The highest BCUT2D eigenvalue weighted by molar-refractivity contribution is 5.95. The molecular formula is C14H20N2O3. The summed E-state index contributed by atoms with van der Waals surface area (Å²) in [5.41, 5.74) is 6.80. The molecule has 5 heteroatoms. The quantitative estimate of drug-likeness (QED) is 0.784. The van der Waals surface area contributed by atoms with Gasteiger partial charge in [-0.1, -0.05) is 6.07 Å². The van der Waals surface area contributed by atoms with Crippen molar-refractivity contribution in [2.75, 3.05) is 25.6 Å². The van der Waals surface area contributed by atoms with Crippen LogP contribution in [0.2, 0.25) is 0 Å². The van der Waals surface area contributed by atoms with Crippen molar-refractivity contribution >= 4 is 11.6 Å². The Hall–Kier alpha value is -1.59. The van der Waals surface area contributed by atoms with Gasteiger partial charge in [-0.2, -0.15) is 0 Å². The van der Waals surface area contributed by atoms with Crippen molar-refractivity contribution in [3.8, 4) is 0 Å². The minimum absolute atomic E-state index is 0.0467. The molecule has 0 bridgehead atoms. The van der Waals surface area contributed by atoms with Gasteiger partial charge in [0.1, 0.15) is 0 Å². The number of amides is 1. The second kappa shape index (κ2) is 6.54. The summed E-state index contributed by atoms with van der Waals surface area (Å²) in [6, 6.07) is 6.87. The van der Waals surface area contributed by atoms with E-state index in [2.05, 4.69) is 5.32 Å². The van der Waals surface area contributed by atoms with Gasteiger partial charge in [-0.05, 0) is 31.5 Å². The van der Waals surface area contributed by atoms with Crippen LogP contribution in [0.25, 0.3) is 0 Å². The van der Waals surface area contributed by atoms with Crippen molar-refractivity contribution in [3.05, 3.63) is 29.8 Å². The third kappa shape index (κ3) is 4.22. The van der Waals surface area contributed by atoms with Crippen LogP contribution >= 0.6 is 0 Å². The molecule has 1 amide bonds. The molecule has 104 valence electrons. The number of nitrogens with two attached hydrogens (primary N) is 1. The predicted octanol–water partition coefficient (Wildman–Crippen LogP) is 1.19. The first-order valence-corrected chi connectivity index (χ1v) is 6.51. The van der Waals surface area contributed by atoms with E-state index >= 15 is 0 Å². The standard InChI is InChI=1S/C14H20N2O3/c1-10(8-19-13-5-6-18-9-13)16-14(17)11-3-2-4-12(15)7-11/h2-4,7,10,13H,5-6,8-9,15H2,1H3,(H,16,17). The van der Waals surface area contributed by atoms with E-state index in [0.717, 1.165) is 13.0 Å². The van der Waals surface area contributed by atoms with E-state index in [-0.39, 0.29) is 18.1 Å². The zero-order chi connectivity index (χ0) is 13.7. The fourth-order valence-corrected chi connectivity index (χ4v) is 1.95. The van der Waals surface area contributed by atoms with Gasteiger partial charge in [0.25, 0.3) is 5.91 Å². The van der Waals surface area contributed by atoms with Crippen molar-refractivity contribution in [2.45, 2.75) is 25.5 Å². The largest absolute Gasteiger partial charge is 0.399 e. The zero-order valence-corrected chi connectivity index (χ0v) is 11.1. The average molecular weight is 264 g/mol. The number of nitrogens with one attached hydrogen (secondary N) is 1. The van der Waals surface area contributed by atoms with Crippen LogP contribution in [0.15, 0.2) is 24.3 Å². The van der Waals surface area contributed by atoms with Crippen molar-refractivity contribution in [2.24, 2.45) is 0 Å². The Balaban J connectivity index is 1.77. The number of carbonyl (C=O) groups excluding carboxylic acids is 1. The van der Waals surface area contributed by atoms with Crippen molar-refractivity contribution < 1.29 is 14.3 Å². The first-order chi connectivity index (χ1) is 9.15. The van der Waals surface area contributed by atoms with Gasteiger partial charge in [0.05, 0.1) is 19.3 Å². The number of hydrogen-bond donors (Lipinski definition) is 2. The molecule has 0 radical (unpaired) electrons. The van der Waals surface area contributed by atoms with Crippen LogP contribution < -0.4 is 11.1 Å². The lowest BCUT2D eigenvalue weighted by Gasteiger charge is -2.17. The Kier molecular flexibility index (Phi) is 4.76. The minimum atomic E-state index is -0.133. The zero-order valence-electron chi connectivity index (χ0n) is 11.1. The van der Waals surface area contributed by atoms with Gasteiger partial charge < -0.3 is 20.5 Å². The number of nitrogen functional groups attached to an aromatic ring is 1. The molecule has 2 unspecified atom stereocenters. The molecule has 1 heterocycles. The second-order valence-corrected chi connectivity index (χ2v) is 4.82. The fourth-order valence-electron chi connectivity index (χ4n) is 1.95. The third-order valence-corrected chi connectivity index (χ3v) is 3.00. The summed E-state index contributed by atoms with van der Waals surface area (Å²) in [7, 11) is 0. The molecule has 0 saturated carbocycles. The molecule has 1 aromatic rings. The molecule has 3 N–H and O–H groups in total. The van der Waals surface area contributed by atoms with Gasteiger partial charge in [-0.25, -0.2) is 0 Å². The Labute approximate surface area is 113 Å². The van der Waals surface area contributed by atoms with Gasteiger partial charge in [0.2, 0.25) is 0 Å². The summed E-state index contributed by atoms with van der Waals surface area (Å²) in [6.45, 7) is 3.81. The van der Waals surface area contributed by atoms with E-state index in [4.69, 9.17) is 15.2 Å². The van der Waals surface area contributed by atoms with Crippen LogP contribution in [-0.2, 0) is 9.47 Å². The van der Waals surface area contributed by atoms with Gasteiger partial charge in [0, 0.05) is 23.9 Å². The summed E-state index contributed by atoms with van der Waals surface area (Å²) < 4.78 is 10.9. The Morgan fingerprint density at radius 1 is 1.63 bits per heavy atom. The summed E-state index contributed by atoms with van der Waals surface area (Å²) >= 11 is 0. The number of ether oxygens (including phenoxy) is 2. The smallest absolute Gasteiger partial charge is 0.251 e.